The maximum atomic E-state index is 13.6. The van der Waals surface area contributed by atoms with Crippen molar-refractivity contribution in [2.24, 2.45) is 0 Å². The number of thioether (sulfide) groups is 1. The summed E-state index contributed by atoms with van der Waals surface area (Å²) in [6, 6.07) is 8.50. The van der Waals surface area contributed by atoms with Gasteiger partial charge in [-0.15, -0.1) is 11.8 Å². The van der Waals surface area contributed by atoms with Crippen LogP contribution in [0.25, 0.3) is 11.0 Å². The fourth-order valence-corrected chi connectivity index (χ4v) is 7.31. The summed E-state index contributed by atoms with van der Waals surface area (Å²) in [5.74, 6) is 2.23. The summed E-state index contributed by atoms with van der Waals surface area (Å²) in [5, 5.41) is -0.461. The minimum Gasteiger partial charge on any atom is -0.496 e. The summed E-state index contributed by atoms with van der Waals surface area (Å²) < 4.78 is 53.2. The van der Waals surface area contributed by atoms with Crippen LogP contribution >= 0.6 is 23.5 Å². The molecule has 1 fully saturated rings. The average Bonchev–Trinajstić information content (AvgIpc) is 3.41. The number of rotatable bonds is 6. The van der Waals surface area contributed by atoms with Crippen molar-refractivity contribution in [1.82, 2.24) is 13.1 Å². The van der Waals surface area contributed by atoms with E-state index in [1.165, 1.54) is 16.1 Å². The number of nitrogens with zero attached hydrogens (tertiary/aromatic N) is 3. The van der Waals surface area contributed by atoms with Crippen LogP contribution in [0, 0.1) is 0 Å². The van der Waals surface area contributed by atoms with Crippen molar-refractivity contribution in [3.05, 3.63) is 35.9 Å². The third-order valence-corrected chi connectivity index (χ3v) is 8.50. The summed E-state index contributed by atoms with van der Waals surface area (Å²) in [6.45, 7) is 0.378. The lowest BCUT2D eigenvalue weighted by Crippen LogP contribution is -2.31. The van der Waals surface area contributed by atoms with E-state index in [2.05, 4.69) is 8.75 Å². The number of hydrogen-bond acceptors (Lipinski definition) is 9. The first-order valence-corrected chi connectivity index (χ1v) is 11.9. The van der Waals surface area contributed by atoms with E-state index in [0.29, 0.717) is 46.1 Å². The van der Waals surface area contributed by atoms with E-state index in [4.69, 9.17) is 14.2 Å². The van der Waals surface area contributed by atoms with E-state index < -0.39 is 15.4 Å². The first kappa shape index (κ1) is 20.2. The molecule has 0 bridgehead atoms. The summed E-state index contributed by atoms with van der Waals surface area (Å²) >= 11 is 2.53. The van der Waals surface area contributed by atoms with Crippen LogP contribution in [0.4, 0.5) is 0 Å². The standard InChI is InChI=1S/C18H19N3O5S3/c1-24-13-10-15(26-3)14(25-2)9-11(13)18-21(7-8-27-18)29(22,23)16-6-4-5-12-17(16)20-28-19-12/h4-6,9-10,18H,7-8H2,1-3H3. The molecule has 1 unspecified atom stereocenters. The molecule has 0 amide bonds. The number of benzene rings is 2. The minimum atomic E-state index is -3.80. The Kier molecular flexibility index (Phi) is 5.56. The molecule has 0 saturated carbocycles. The molecule has 4 rings (SSSR count). The normalized spacial score (nSPS) is 17.6. The van der Waals surface area contributed by atoms with Crippen LogP contribution in [0.1, 0.15) is 10.9 Å². The number of aromatic nitrogens is 2. The highest BCUT2D eigenvalue weighted by molar-refractivity contribution is 8.01. The van der Waals surface area contributed by atoms with Crippen molar-refractivity contribution >= 4 is 44.5 Å². The Balaban J connectivity index is 1.81. The Labute approximate surface area is 177 Å². The quantitative estimate of drug-likeness (QED) is 0.562. The third-order valence-electron chi connectivity index (χ3n) is 4.69. The van der Waals surface area contributed by atoms with E-state index in [-0.39, 0.29) is 4.90 Å². The largest absolute Gasteiger partial charge is 0.496 e. The molecular formula is C18H19N3O5S3. The van der Waals surface area contributed by atoms with Crippen molar-refractivity contribution in [3.63, 3.8) is 0 Å². The van der Waals surface area contributed by atoms with Crippen LogP contribution in [0.5, 0.6) is 17.2 Å². The van der Waals surface area contributed by atoms with E-state index in [0.717, 1.165) is 11.7 Å². The second-order valence-corrected chi connectivity index (χ2v) is 9.75. The van der Waals surface area contributed by atoms with Crippen LogP contribution in [-0.2, 0) is 10.0 Å². The topological polar surface area (TPSA) is 90.9 Å². The van der Waals surface area contributed by atoms with Gasteiger partial charge in [-0.05, 0) is 18.2 Å². The zero-order valence-corrected chi connectivity index (χ0v) is 18.4. The van der Waals surface area contributed by atoms with Crippen LogP contribution in [0.15, 0.2) is 35.2 Å². The lowest BCUT2D eigenvalue weighted by Gasteiger charge is -2.25. The van der Waals surface area contributed by atoms with Crippen molar-refractivity contribution in [1.29, 1.82) is 0 Å². The van der Waals surface area contributed by atoms with Gasteiger partial charge in [-0.25, -0.2) is 8.42 Å². The summed E-state index contributed by atoms with van der Waals surface area (Å²) in [5.41, 5.74) is 1.68. The lowest BCUT2D eigenvalue weighted by atomic mass is 10.1. The average molecular weight is 454 g/mol. The molecule has 0 radical (unpaired) electrons. The monoisotopic (exact) mass is 453 g/mol. The van der Waals surface area contributed by atoms with Gasteiger partial charge in [0.25, 0.3) is 0 Å². The van der Waals surface area contributed by atoms with Gasteiger partial charge in [0.15, 0.2) is 11.5 Å². The van der Waals surface area contributed by atoms with Crippen molar-refractivity contribution in [3.8, 4) is 17.2 Å². The van der Waals surface area contributed by atoms with Gasteiger partial charge < -0.3 is 14.2 Å². The molecule has 2 heterocycles. The smallest absolute Gasteiger partial charge is 0.246 e. The molecule has 0 N–H and O–H groups in total. The maximum absolute atomic E-state index is 13.6. The molecule has 0 spiro atoms. The highest BCUT2D eigenvalue weighted by Gasteiger charge is 2.40. The number of ether oxygens (including phenoxy) is 3. The van der Waals surface area contributed by atoms with Gasteiger partial charge in [0.1, 0.15) is 21.7 Å². The molecule has 154 valence electrons. The van der Waals surface area contributed by atoms with Gasteiger partial charge >= 0.3 is 0 Å². The Bertz CT molecular complexity index is 1150. The molecule has 0 aliphatic carbocycles. The van der Waals surface area contributed by atoms with Crippen molar-refractivity contribution in [2.45, 2.75) is 10.3 Å². The predicted octanol–water partition coefficient (Wildman–Crippen LogP) is 3.15. The highest BCUT2D eigenvalue weighted by atomic mass is 32.2. The second-order valence-electron chi connectivity index (χ2n) is 6.18. The molecule has 8 nitrogen and oxygen atoms in total. The van der Waals surface area contributed by atoms with Crippen molar-refractivity contribution in [2.75, 3.05) is 33.6 Å². The molecular weight excluding hydrogens is 434 g/mol. The molecule has 1 atom stereocenters. The van der Waals surface area contributed by atoms with E-state index in [1.807, 2.05) is 0 Å². The Morgan fingerprint density at radius 2 is 1.76 bits per heavy atom. The summed E-state index contributed by atoms with van der Waals surface area (Å²) in [6.07, 6.45) is 0. The third kappa shape index (κ3) is 3.41. The van der Waals surface area contributed by atoms with Gasteiger partial charge in [-0.1, -0.05) is 6.07 Å². The van der Waals surface area contributed by atoms with E-state index in [9.17, 15) is 8.42 Å². The molecule has 1 aromatic heterocycles. The zero-order chi connectivity index (χ0) is 20.6. The number of hydrogen-bond donors (Lipinski definition) is 0. The molecule has 2 aromatic carbocycles. The predicted molar refractivity (Wildman–Crippen MR) is 113 cm³/mol. The van der Waals surface area contributed by atoms with Gasteiger partial charge in [-0.3, -0.25) is 0 Å². The molecule has 3 aromatic rings. The fourth-order valence-electron chi connectivity index (χ4n) is 3.31. The summed E-state index contributed by atoms with van der Waals surface area (Å²) in [4.78, 5) is 0.163. The van der Waals surface area contributed by atoms with E-state index in [1.54, 1.807) is 51.7 Å². The van der Waals surface area contributed by atoms with Gasteiger partial charge in [0.05, 0.1) is 38.4 Å². The first-order valence-electron chi connectivity index (χ1n) is 8.66. The maximum Gasteiger partial charge on any atom is 0.246 e. The van der Waals surface area contributed by atoms with Crippen LogP contribution in [0.3, 0.4) is 0 Å². The first-order chi connectivity index (χ1) is 14.0. The lowest BCUT2D eigenvalue weighted by molar-refractivity contribution is 0.344. The molecule has 11 heteroatoms. The van der Waals surface area contributed by atoms with Crippen LogP contribution < -0.4 is 14.2 Å². The SMILES string of the molecule is COc1cc(OC)c(C2SCCN2S(=O)(=O)c2cccc3nsnc23)cc1OC. The highest BCUT2D eigenvalue weighted by Crippen LogP contribution is 2.48. The molecule has 1 aliphatic heterocycles. The van der Waals surface area contributed by atoms with Gasteiger partial charge in [0, 0.05) is 23.9 Å². The van der Waals surface area contributed by atoms with Crippen LogP contribution in [0.2, 0.25) is 0 Å². The second kappa shape index (κ2) is 7.98. The molecule has 1 saturated heterocycles. The Hall–Kier alpha value is -2.08. The molecule has 1 aliphatic rings. The molecule has 29 heavy (non-hydrogen) atoms. The number of fused-ring (bicyclic) bond motifs is 1. The Morgan fingerprint density at radius 1 is 1.03 bits per heavy atom. The zero-order valence-electron chi connectivity index (χ0n) is 16.0. The van der Waals surface area contributed by atoms with Gasteiger partial charge in [-0.2, -0.15) is 13.1 Å². The number of sulfonamides is 1. The van der Waals surface area contributed by atoms with Crippen molar-refractivity contribution < 1.29 is 22.6 Å². The van der Waals surface area contributed by atoms with Crippen LogP contribution in [-0.4, -0.2) is 55.1 Å². The Morgan fingerprint density at radius 3 is 2.48 bits per heavy atom. The van der Waals surface area contributed by atoms with E-state index >= 15 is 0 Å². The fraction of sp³-hybridized carbons (Fsp3) is 0.333. The summed E-state index contributed by atoms with van der Waals surface area (Å²) in [7, 11) is 0.827. The minimum absolute atomic E-state index is 0.163. The number of methoxy groups -OCH3 is 3. The van der Waals surface area contributed by atoms with Gasteiger partial charge in [0.2, 0.25) is 10.0 Å².